The van der Waals surface area contributed by atoms with Crippen LogP contribution in [0.2, 0.25) is 0 Å². The summed E-state index contributed by atoms with van der Waals surface area (Å²) in [7, 11) is 1.80. The standard InChI is InChI=1S/C23H24N2O2/c1-25(21-10-6-3-7-11-21)23(26)16-17-24-20-12-14-22(15-13-20)27-18-19-8-4-2-5-9-19/h2-15,24H,16-18H2,1H3. The minimum Gasteiger partial charge on any atom is -0.489 e. The lowest BCUT2D eigenvalue weighted by molar-refractivity contribution is -0.118. The predicted octanol–water partition coefficient (Wildman–Crippen LogP) is 4.73. The molecule has 0 aromatic heterocycles. The Morgan fingerprint density at radius 3 is 2.19 bits per heavy atom. The molecular weight excluding hydrogens is 336 g/mol. The second-order valence-corrected chi connectivity index (χ2v) is 6.26. The van der Waals surface area contributed by atoms with Crippen molar-refractivity contribution < 1.29 is 9.53 Å². The maximum atomic E-state index is 12.3. The lowest BCUT2D eigenvalue weighted by Crippen LogP contribution is -2.27. The van der Waals surface area contributed by atoms with E-state index >= 15 is 0 Å². The highest BCUT2D eigenvalue weighted by Gasteiger charge is 2.09. The van der Waals surface area contributed by atoms with E-state index in [0.29, 0.717) is 19.6 Å². The van der Waals surface area contributed by atoms with Crippen LogP contribution in [-0.4, -0.2) is 19.5 Å². The van der Waals surface area contributed by atoms with Gasteiger partial charge in [0.1, 0.15) is 12.4 Å². The molecular formula is C23H24N2O2. The summed E-state index contributed by atoms with van der Waals surface area (Å²) in [6, 6.07) is 27.5. The third-order valence-corrected chi connectivity index (χ3v) is 4.29. The highest BCUT2D eigenvalue weighted by atomic mass is 16.5. The molecule has 0 fully saturated rings. The SMILES string of the molecule is CN(C(=O)CCNc1ccc(OCc2ccccc2)cc1)c1ccccc1. The van der Waals surface area contributed by atoms with E-state index in [9.17, 15) is 4.79 Å². The lowest BCUT2D eigenvalue weighted by Gasteiger charge is -2.17. The zero-order valence-electron chi connectivity index (χ0n) is 15.5. The Labute approximate surface area is 160 Å². The number of carbonyl (C=O) groups excluding carboxylic acids is 1. The largest absolute Gasteiger partial charge is 0.489 e. The van der Waals surface area contributed by atoms with Crippen molar-refractivity contribution >= 4 is 17.3 Å². The molecule has 4 heteroatoms. The molecule has 27 heavy (non-hydrogen) atoms. The Hall–Kier alpha value is -3.27. The van der Waals surface area contributed by atoms with Gasteiger partial charge in [0.15, 0.2) is 0 Å². The molecule has 0 spiro atoms. The van der Waals surface area contributed by atoms with Crippen molar-refractivity contribution in [2.24, 2.45) is 0 Å². The fourth-order valence-electron chi connectivity index (χ4n) is 2.69. The lowest BCUT2D eigenvalue weighted by atomic mass is 10.2. The number of rotatable bonds is 8. The summed E-state index contributed by atoms with van der Waals surface area (Å²) >= 11 is 0. The monoisotopic (exact) mass is 360 g/mol. The topological polar surface area (TPSA) is 41.6 Å². The van der Waals surface area contributed by atoms with Crippen LogP contribution in [0.25, 0.3) is 0 Å². The number of nitrogens with zero attached hydrogens (tertiary/aromatic N) is 1. The van der Waals surface area contributed by atoms with Crippen LogP contribution in [0.15, 0.2) is 84.9 Å². The second-order valence-electron chi connectivity index (χ2n) is 6.26. The van der Waals surface area contributed by atoms with Gasteiger partial charge in [0.2, 0.25) is 5.91 Å². The summed E-state index contributed by atoms with van der Waals surface area (Å²) in [6.45, 7) is 1.13. The average molecular weight is 360 g/mol. The molecule has 0 saturated carbocycles. The maximum absolute atomic E-state index is 12.3. The van der Waals surface area contributed by atoms with Crippen molar-refractivity contribution in [3.63, 3.8) is 0 Å². The number of anilines is 2. The first-order valence-corrected chi connectivity index (χ1v) is 9.04. The minimum absolute atomic E-state index is 0.0801. The Kier molecular flexibility index (Phi) is 6.47. The molecule has 3 rings (SSSR count). The number of amides is 1. The van der Waals surface area contributed by atoms with Crippen LogP contribution in [0.1, 0.15) is 12.0 Å². The Morgan fingerprint density at radius 1 is 0.889 bits per heavy atom. The van der Waals surface area contributed by atoms with E-state index in [1.807, 2.05) is 84.9 Å². The van der Waals surface area contributed by atoms with E-state index in [1.165, 1.54) is 0 Å². The summed E-state index contributed by atoms with van der Waals surface area (Å²) in [4.78, 5) is 14.0. The molecule has 0 bridgehead atoms. The highest BCUT2D eigenvalue weighted by Crippen LogP contribution is 2.17. The summed E-state index contributed by atoms with van der Waals surface area (Å²) < 4.78 is 5.78. The van der Waals surface area contributed by atoms with Gasteiger partial charge in [0.05, 0.1) is 0 Å². The summed E-state index contributed by atoms with van der Waals surface area (Å²) in [5.74, 6) is 0.904. The normalized spacial score (nSPS) is 10.3. The van der Waals surface area contributed by atoms with Crippen LogP contribution in [-0.2, 0) is 11.4 Å². The quantitative estimate of drug-likeness (QED) is 0.631. The first-order chi connectivity index (χ1) is 13.2. The van der Waals surface area contributed by atoms with Gasteiger partial charge in [-0.1, -0.05) is 48.5 Å². The Morgan fingerprint density at radius 2 is 1.52 bits per heavy atom. The molecule has 0 atom stereocenters. The van der Waals surface area contributed by atoms with E-state index < -0.39 is 0 Å². The molecule has 0 aliphatic rings. The third-order valence-electron chi connectivity index (χ3n) is 4.29. The van der Waals surface area contributed by atoms with Gasteiger partial charge in [0, 0.05) is 31.4 Å². The van der Waals surface area contributed by atoms with Crippen molar-refractivity contribution in [2.75, 3.05) is 23.8 Å². The van der Waals surface area contributed by atoms with Crippen molar-refractivity contribution in [3.8, 4) is 5.75 Å². The van der Waals surface area contributed by atoms with E-state index in [2.05, 4.69) is 5.32 Å². The molecule has 3 aromatic carbocycles. The van der Waals surface area contributed by atoms with Crippen LogP contribution in [0.3, 0.4) is 0 Å². The summed E-state index contributed by atoms with van der Waals surface area (Å²) in [5, 5.41) is 3.28. The summed E-state index contributed by atoms with van der Waals surface area (Å²) in [5.41, 5.74) is 3.01. The number of ether oxygens (including phenoxy) is 1. The maximum Gasteiger partial charge on any atom is 0.228 e. The molecule has 0 unspecified atom stereocenters. The number of nitrogens with one attached hydrogen (secondary N) is 1. The zero-order valence-corrected chi connectivity index (χ0v) is 15.5. The third kappa shape index (κ3) is 5.61. The van der Waals surface area contributed by atoms with Crippen LogP contribution in [0, 0.1) is 0 Å². The predicted molar refractivity (Wildman–Crippen MR) is 110 cm³/mol. The van der Waals surface area contributed by atoms with Gasteiger partial charge in [0.25, 0.3) is 0 Å². The van der Waals surface area contributed by atoms with Gasteiger partial charge >= 0.3 is 0 Å². The van der Waals surface area contributed by atoms with Gasteiger partial charge in [-0.3, -0.25) is 4.79 Å². The van der Waals surface area contributed by atoms with Crippen LogP contribution >= 0.6 is 0 Å². The minimum atomic E-state index is 0.0801. The van der Waals surface area contributed by atoms with Gasteiger partial charge in [-0.15, -0.1) is 0 Å². The fraction of sp³-hybridized carbons (Fsp3) is 0.174. The van der Waals surface area contributed by atoms with E-state index in [4.69, 9.17) is 4.74 Å². The highest BCUT2D eigenvalue weighted by molar-refractivity contribution is 5.93. The molecule has 0 aliphatic carbocycles. The molecule has 4 nitrogen and oxygen atoms in total. The molecule has 0 saturated heterocycles. The van der Waals surface area contributed by atoms with Gasteiger partial charge in [-0.05, 0) is 42.0 Å². The average Bonchev–Trinajstić information content (AvgIpc) is 2.74. The number of hydrogen-bond donors (Lipinski definition) is 1. The first kappa shape index (κ1) is 18.5. The van der Waals surface area contributed by atoms with Gasteiger partial charge < -0.3 is 15.0 Å². The van der Waals surface area contributed by atoms with Crippen LogP contribution in [0.4, 0.5) is 11.4 Å². The molecule has 1 amide bonds. The number of para-hydroxylation sites is 1. The van der Waals surface area contributed by atoms with Crippen molar-refractivity contribution in [2.45, 2.75) is 13.0 Å². The number of benzene rings is 3. The molecule has 3 aromatic rings. The van der Waals surface area contributed by atoms with Gasteiger partial charge in [-0.2, -0.15) is 0 Å². The Bertz CT molecular complexity index is 833. The molecule has 0 radical (unpaired) electrons. The molecule has 138 valence electrons. The molecule has 0 aliphatic heterocycles. The van der Waals surface area contributed by atoms with E-state index in [1.54, 1.807) is 11.9 Å². The number of carbonyl (C=O) groups is 1. The van der Waals surface area contributed by atoms with Crippen molar-refractivity contribution in [1.29, 1.82) is 0 Å². The summed E-state index contributed by atoms with van der Waals surface area (Å²) in [6.07, 6.45) is 0.428. The molecule has 1 N–H and O–H groups in total. The van der Waals surface area contributed by atoms with E-state index in [-0.39, 0.29) is 5.91 Å². The Balaban J connectivity index is 1.43. The molecule has 0 heterocycles. The van der Waals surface area contributed by atoms with Crippen molar-refractivity contribution in [1.82, 2.24) is 0 Å². The number of hydrogen-bond acceptors (Lipinski definition) is 3. The van der Waals surface area contributed by atoms with Gasteiger partial charge in [-0.25, -0.2) is 0 Å². The fourth-order valence-corrected chi connectivity index (χ4v) is 2.69. The first-order valence-electron chi connectivity index (χ1n) is 9.04. The van der Waals surface area contributed by atoms with E-state index in [0.717, 1.165) is 22.7 Å². The van der Waals surface area contributed by atoms with Crippen LogP contribution in [0.5, 0.6) is 5.75 Å². The smallest absolute Gasteiger partial charge is 0.228 e. The van der Waals surface area contributed by atoms with Crippen molar-refractivity contribution in [3.05, 3.63) is 90.5 Å². The second kappa shape index (κ2) is 9.43. The van der Waals surface area contributed by atoms with Crippen LogP contribution < -0.4 is 15.0 Å². The zero-order chi connectivity index (χ0) is 18.9.